The molecular weight excluding hydrogens is 242 g/mol. The second-order valence-electron chi connectivity index (χ2n) is 5.83. The fourth-order valence-electron chi connectivity index (χ4n) is 3.51. The van der Waals surface area contributed by atoms with E-state index in [1.165, 1.54) is 44.7 Å². The summed E-state index contributed by atoms with van der Waals surface area (Å²) in [4.78, 5) is 16.7. The van der Waals surface area contributed by atoms with E-state index in [0.717, 1.165) is 18.9 Å². The van der Waals surface area contributed by atoms with Crippen LogP contribution in [-0.4, -0.2) is 23.0 Å². The van der Waals surface area contributed by atoms with Gasteiger partial charge in [0.05, 0.1) is 4.92 Å². The Morgan fingerprint density at radius 1 is 1.16 bits per heavy atom. The van der Waals surface area contributed by atoms with Crippen LogP contribution in [0.15, 0.2) is 18.3 Å². The third-order valence-corrected chi connectivity index (χ3v) is 4.76. The Hall–Kier alpha value is -1.65. The number of piperidine rings is 1. The molecule has 1 saturated heterocycles. The van der Waals surface area contributed by atoms with Crippen molar-refractivity contribution in [3.63, 3.8) is 0 Å². The molecule has 0 N–H and O–H groups in total. The quantitative estimate of drug-likeness (QED) is 0.606. The van der Waals surface area contributed by atoms with Crippen LogP contribution in [-0.2, 0) is 0 Å². The maximum atomic E-state index is 10.6. The van der Waals surface area contributed by atoms with Crippen molar-refractivity contribution in [2.24, 2.45) is 5.41 Å². The molecule has 5 heteroatoms. The van der Waals surface area contributed by atoms with E-state index in [2.05, 4.69) is 9.88 Å². The molecule has 2 heterocycles. The minimum absolute atomic E-state index is 0.0630. The molecule has 0 atom stereocenters. The second-order valence-corrected chi connectivity index (χ2v) is 5.83. The smallest absolute Gasteiger partial charge is 0.287 e. The Labute approximate surface area is 112 Å². The maximum Gasteiger partial charge on any atom is 0.287 e. The summed E-state index contributed by atoms with van der Waals surface area (Å²) in [5.74, 6) is 0.874. The van der Waals surface area contributed by atoms with Crippen LogP contribution < -0.4 is 4.90 Å². The molecule has 1 aromatic rings. The predicted octanol–water partition coefficient (Wildman–Crippen LogP) is 3.15. The number of aromatic nitrogens is 1. The van der Waals surface area contributed by atoms with E-state index in [4.69, 9.17) is 0 Å². The summed E-state index contributed by atoms with van der Waals surface area (Å²) in [5.41, 5.74) is 0.658. The Balaban J connectivity index is 1.66. The van der Waals surface area contributed by atoms with Crippen LogP contribution in [0.5, 0.6) is 0 Å². The monoisotopic (exact) mass is 261 g/mol. The van der Waals surface area contributed by atoms with E-state index in [-0.39, 0.29) is 5.69 Å². The zero-order valence-corrected chi connectivity index (χ0v) is 11.0. The summed E-state index contributed by atoms with van der Waals surface area (Å²) in [5, 5.41) is 10.6. The molecule has 1 aliphatic heterocycles. The van der Waals surface area contributed by atoms with E-state index >= 15 is 0 Å². The van der Waals surface area contributed by atoms with Gasteiger partial charge in [-0.05, 0) is 37.2 Å². The van der Waals surface area contributed by atoms with E-state index in [9.17, 15) is 10.1 Å². The average molecular weight is 261 g/mol. The lowest BCUT2D eigenvalue weighted by atomic mass is 9.77. The van der Waals surface area contributed by atoms with Gasteiger partial charge in [-0.1, -0.05) is 12.8 Å². The van der Waals surface area contributed by atoms with Crippen molar-refractivity contribution in [1.29, 1.82) is 0 Å². The van der Waals surface area contributed by atoms with Gasteiger partial charge in [0.2, 0.25) is 0 Å². The Bertz CT molecular complexity index is 456. The first-order valence-corrected chi connectivity index (χ1v) is 7.04. The van der Waals surface area contributed by atoms with Crippen LogP contribution in [0, 0.1) is 15.5 Å². The summed E-state index contributed by atoms with van der Waals surface area (Å²) in [6, 6.07) is 3.31. The second kappa shape index (κ2) is 4.79. The largest absolute Gasteiger partial charge is 0.357 e. The van der Waals surface area contributed by atoms with Crippen LogP contribution in [0.1, 0.15) is 38.5 Å². The molecule has 0 aromatic carbocycles. The summed E-state index contributed by atoms with van der Waals surface area (Å²) in [6.07, 6.45) is 9.38. The van der Waals surface area contributed by atoms with Crippen LogP contribution in [0.4, 0.5) is 11.5 Å². The minimum atomic E-state index is -0.402. The molecule has 0 bridgehead atoms. The number of hydrogen-bond donors (Lipinski definition) is 0. The van der Waals surface area contributed by atoms with Crippen LogP contribution in [0.2, 0.25) is 0 Å². The zero-order valence-electron chi connectivity index (χ0n) is 11.0. The topological polar surface area (TPSA) is 59.3 Å². The van der Waals surface area contributed by atoms with Gasteiger partial charge in [0, 0.05) is 19.2 Å². The molecule has 102 valence electrons. The molecule has 1 spiro atoms. The van der Waals surface area contributed by atoms with Gasteiger partial charge in [-0.25, -0.2) is 4.98 Å². The van der Waals surface area contributed by atoms with Crippen molar-refractivity contribution < 1.29 is 4.92 Å². The lowest BCUT2D eigenvalue weighted by Gasteiger charge is -2.39. The van der Waals surface area contributed by atoms with Crippen molar-refractivity contribution in [1.82, 2.24) is 4.98 Å². The molecule has 0 amide bonds. The third kappa shape index (κ3) is 2.41. The van der Waals surface area contributed by atoms with E-state index in [1.807, 2.05) is 0 Å². The standard InChI is InChI=1S/C14H19N3O2/c18-17(19)12-3-4-13(15-11-12)16-9-7-14(8-10-16)5-1-2-6-14/h3-4,11H,1-2,5-10H2. The van der Waals surface area contributed by atoms with Gasteiger partial charge >= 0.3 is 0 Å². The van der Waals surface area contributed by atoms with Crippen molar-refractivity contribution >= 4 is 11.5 Å². The van der Waals surface area contributed by atoms with Crippen LogP contribution in [0.25, 0.3) is 0 Å². The molecule has 2 aliphatic rings. The van der Waals surface area contributed by atoms with Crippen molar-refractivity contribution in [2.75, 3.05) is 18.0 Å². The Morgan fingerprint density at radius 3 is 2.37 bits per heavy atom. The van der Waals surface area contributed by atoms with Gasteiger partial charge in [0.15, 0.2) is 0 Å². The highest BCUT2D eigenvalue weighted by molar-refractivity contribution is 5.43. The fraction of sp³-hybridized carbons (Fsp3) is 0.643. The minimum Gasteiger partial charge on any atom is -0.357 e. The molecule has 0 radical (unpaired) electrons. The number of anilines is 1. The first kappa shape index (κ1) is 12.4. The van der Waals surface area contributed by atoms with Gasteiger partial charge < -0.3 is 4.90 Å². The van der Waals surface area contributed by atoms with Crippen molar-refractivity contribution in [3.05, 3.63) is 28.4 Å². The molecule has 1 aliphatic carbocycles. The van der Waals surface area contributed by atoms with Gasteiger partial charge in [-0.2, -0.15) is 0 Å². The van der Waals surface area contributed by atoms with E-state index in [0.29, 0.717) is 5.41 Å². The summed E-state index contributed by atoms with van der Waals surface area (Å²) >= 11 is 0. The highest BCUT2D eigenvalue weighted by atomic mass is 16.6. The van der Waals surface area contributed by atoms with Crippen LogP contribution >= 0.6 is 0 Å². The highest BCUT2D eigenvalue weighted by Crippen LogP contribution is 2.46. The number of hydrogen-bond acceptors (Lipinski definition) is 4. The Morgan fingerprint density at radius 2 is 1.84 bits per heavy atom. The predicted molar refractivity (Wildman–Crippen MR) is 73.2 cm³/mol. The molecule has 1 saturated carbocycles. The number of rotatable bonds is 2. The molecule has 19 heavy (non-hydrogen) atoms. The van der Waals surface area contributed by atoms with Gasteiger partial charge in [-0.3, -0.25) is 10.1 Å². The highest BCUT2D eigenvalue weighted by Gasteiger charge is 2.37. The fourth-order valence-corrected chi connectivity index (χ4v) is 3.51. The van der Waals surface area contributed by atoms with Gasteiger partial charge in [-0.15, -0.1) is 0 Å². The third-order valence-electron chi connectivity index (χ3n) is 4.76. The molecule has 1 aromatic heterocycles. The van der Waals surface area contributed by atoms with Crippen molar-refractivity contribution in [3.8, 4) is 0 Å². The lowest BCUT2D eigenvalue weighted by molar-refractivity contribution is -0.385. The number of nitro groups is 1. The first-order chi connectivity index (χ1) is 9.19. The van der Waals surface area contributed by atoms with Crippen molar-refractivity contribution in [2.45, 2.75) is 38.5 Å². The summed E-state index contributed by atoms with van der Waals surface area (Å²) in [7, 11) is 0. The maximum absolute atomic E-state index is 10.6. The summed E-state index contributed by atoms with van der Waals surface area (Å²) < 4.78 is 0. The molecule has 2 fully saturated rings. The molecule has 3 rings (SSSR count). The SMILES string of the molecule is O=[N+]([O-])c1ccc(N2CCC3(CCCC3)CC2)nc1. The number of nitrogens with zero attached hydrogens (tertiary/aromatic N) is 3. The van der Waals surface area contributed by atoms with E-state index < -0.39 is 4.92 Å². The molecular formula is C14H19N3O2. The first-order valence-electron chi connectivity index (χ1n) is 7.04. The van der Waals surface area contributed by atoms with Gasteiger partial charge in [0.25, 0.3) is 5.69 Å². The zero-order chi connectivity index (χ0) is 13.3. The lowest BCUT2D eigenvalue weighted by Crippen LogP contribution is -2.39. The Kier molecular flexibility index (Phi) is 3.12. The molecule has 5 nitrogen and oxygen atoms in total. The molecule has 0 unspecified atom stereocenters. The number of pyridine rings is 1. The average Bonchev–Trinajstić information content (AvgIpc) is 2.88. The van der Waals surface area contributed by atoms with Gasteiger partial charge in [0.1, 0.15) is 12.0 Å². The normalized spacial score (nSPS) is 21.8. The van der Waals surface area contributed by atoms with Crippen LogP contribution in [0.3, 0.4) is 0 Å². The van der Waals surface area contributed by atoms with E-state index in [1.54, 1.807) is 12.1 Å². The summed E-state index contributed by atoms with van der Waals surface area (Å²) in [6.45, 7) is 2.07.